The Kier molecular flexibility index (Phi) is 3.44. The summed E-state index contributed by atoms with van der Waals surface area (Å²) >= 11 is 7.68. The lowest BCUT2D eigenvalue weighted by atomic mass is 10.3. The van der Waals surface area contributed by atoms with Crippen molar-refractivity contribution in [3.63, 3.8) is 0 Å². The van der Waals surface area contributed by atoms with Crippen LogP contribution in [-0.2, 0) is 0 Å². The molecule has 0 amide bonds. The fraction of sp³-hybridized carbons (Fsp3) is 0.455. The smallest absolute Gasteiger partial charge is 0.0662 e. The highest BCUT2D eigenvalue weighted by molar-refractivity contribution is 8.00. The van der Waals surface area contributed by atoms with Crippen molar-refractivity contribution >= 4 is 29.1 Å². The van der Waals surface area contributed by atoms with Gasteiger partial charge in [0.15, 0.2) is 0 Å². The van der Waals surface area contributed by atoms with Gasteiger partial charge in [-0.3, -0.25) is 0 Å². The van der Waals surface area contributed by atoms with Crippen molar-refractivity contribution in [2.45, 2.75) is 35.5 Å². The summed E-state index contributed by atoms with van der Waals surface area (Å²) in [6.07, 6.45) is 2.80. The molecule has 0 saturated heterocycles. The van der Waals surface area contributed by atoms with Gasteiger partial charge in [0.25, 0.3) is 0 Å². The number of benzene rings is 1. The topological polar surface area (TPSA) is 46.2 Å². The first kappa shape index (κ1) is 11.1. The van der Waals surface area contributed by atoms with Crippen molar-refractivity contribution in [2.75, 3.05) is 5.73 Å². The first-order valence-corrected chi connectivity index (χ1v) is 6.33. The maximum absolute atomic E-state index is 9.73. The van der Waals surface area contributed by atoms with Crippen molar-refractivity contribution in [1.29, 1.82) is 0 Å². The quantitative estimate of drug-likeness (QED) is 0.786. The summed E-state index contributed by atoms with van der Waals surface area (Å²) in [5, 5.41) is 10.6. The van der Waals surface area contributed by atoms with E-state index in [0.717, 1.165) is 24.2 Å². The largest absolute Gasteiger partial charge is 0.398 e. The van der Waals surface area contributed by atoms with E-state index >= 15 is 0 Å². The summed E-state index contributed by atoms with van der Waals surface area (Å²) in [5.74, 6) is 0. The Labute approximate surface area is 98.8 Å². The molecule has 1 aromatic rings. The molecule has 2 atom stereocenters. The van der Waals surface area contributed by atoms with Gasteiger partial charge >= 0.3 is 0 Å². The van der Waals surface area contributed by atoms with E-state index in [4.69, 9.17) is 17.3 Å². The number of halogens is 1. The molecule has 1 aliphatic rings. The zero-order valence-electron chi connectivity index (χ0n) is 8.32. The lowest BCUT2D eigenvalue weighted by Crippen LogP contribution is -2.15. The van der Waals surface area contributed by atoms with E-state index in [1.165, 1.54) is 0 Å². The van der Waals surface area contributed by atoms with E-state index in [0.29, 0.717) is 10.7 Å². The summed E-state index contributed by atoms with van der Waals surface area (Å²) in [6, 6.07) is 5.52. The third-order valence-electron chi connectivity index (χ3n) is 2.68. The van der Waals surface area contributed by atoms with Gasteiger partial charge in [0.2, 0.25) is 0 Å². The molecule has 4 heteroatoms. The Morgan fingerprint density at radius 2 is 2.20 bits per heavy atom. The van der Waals surface area contributed by atoms with Crippen molar-refractivity contribution in [3.8, 4) is 0 Å². The predicted octanol–water partition coefficient (Wildman–Crippen LogP) is 2.93. The van der Waals surface area contributed by atoms with Crippen LogP contribution < -0.4 is 5.73 Å². The molecule has 1 aromatic carbocycles. The molecule has 0 heterocycles. The molecule has 0 bridgehead atoms. The van der Waals surface area contributed by atoms with Crippen molar-refractivity contribution in [1.82, 2.24) is 0 Å². The maximum Gasteiger partial charge on any atom is 0.0662 e. The lowest BCUT2D eigenvalue weighted by molar-refractivity contribution is 0.188. The highest BCUT2D eigenvalue weighted by Crippen LogP contribution is 2.40. The number of thioether (sulfide) groups is 1. The monoisotopic (exact) mass is 243 g/mol. The summed E-state index contributed by atoms with van der Waals surface area (Å²) in [4.78, 5) is 0.908. The minimum absolute atomic E-state index is 0.217. The number of aliphatic hydroxyl groups excluding tert-OH is 1. The Bertz CT molecular complexity index is 338. The van der Waals surface area contributed by atoms with Gasteiger partial charge in [0.05, 0.1) is 11.1 Å². The van der Waals surface area contributed by atoms with Gasteiger partial charge in [0, 0.05) is 15.8 Å². The van der Waals surface area contributed by atoms with E-state index in [9.17, 15) is 5.11 Å². The standard InChI is InChI=1S/C11H14ClNOS/c12-7-3-1-4-8(13)11(7)15-10-6-2-5-9(10)14/h1,3-4,9-10,14H,2,5-6,13H2. The number of anilines is 1. The van der Waals surface area contributed by atoms with Gasteiger partial charge in [-0.1, -0.05) is 17.7 Å². The second kappa shape index (κ2) is 4.64. The van der Waals surface area contributed by atoms with Gasteiger partial charge in [-0.25, -0.2) is 0 Å². The number of rotatable bonds is 2. The van der Waals surface area contributed by atoms with Crippen molar-refractivity contribution < 1.29 is 5.11 Å². The van der Waals surface area contributed by atoms with Gasteiger partial charge in [-0.05, 0) is 31.4 Å². The molecule has 2 rings (SSSR count). The number of nitrogens with two attached hydrogens (primary N) is 1. The average Bonchev–Trinajstić information content (AvgIpc) is 2.58. The van der Waals surface area contributed by atoms with Crippen LogP contribution in [0.5, 0.6) is 0 Å². The molecule has 0 aromatic heterocycles. The van der Waals surface area contributed by atoms with Crippen LogP contribution in [0.15, 0.2) is 23.1 Å². The molecule has 82 valence electrons. The molecule has 1 fully saturated rings. The zero-order chi connectivity index (χ0) is 10.8. The predicted molar refractivity (Wildman–Crippen MR) is 65.4 cm³/mol. The molecule has 15 heavy (non-hydrogen) atoms. The maximum atomic E-state index is 9.73. The van der Waals surface area contributed by atoms with Crippen LogP contribution in [-0.4, -0.2) is 16.5 Å². The van der Waals surface area contributed by atoms with Crippen LogP contribution in [0.2, 0.25) is 5.02 Å². The highest BCUT2D eigenvalue weighted by atomic mass is 35.5. The Balaban J connectivity index is 2.16. The summed E-state index contributed by atoms with van der Waals surface area (Å²) < 4.78 is 0. The molecule has 3 N–H and O–H groups in total. The number of hydrogen-bond donors (Lipinski definition) is 2. The SMILES string of the molecule is Nc1cccc(Cl)c1SC1CCCC1O. The first-order valence-electron chi connectivity index (χ1n) is 5.07. The third-order valence-corrected chi connectivity index (χ3v) is 4.66. The van der Waals surface area contributed by atoms with Crippen LogP contribution in [0.3, 0.4) is 0 Å². The minimum Gasteiger partial charge on any atom is -0.398 e. The van der Waals surface area contributed by atoms with Crippen LogP contribution in [0.25, 0.3) is 0 Å². The molecular formula is C11H14ClNOS. The van der Waals surface area contributed by atoms with Crippen LogP contribution in [0.1, 0.15) is 19.3 Å². The summed E-state index contributed by atoms with van der Waals surface area (Å²) in [5.41, 5.74) is 6.56. The van der Waals surface area contributed by atoms with Crippen LogP contribution in [0, 0.1) is 0 Å². The van der Waals surface area contributed by atoms with Gasteiger partial charge in [-0.2, -0.15) is 0 Å². The van der Waals surface area contributed by atoms with Crippen molar-refractivity contribution in [3.05, 3.63) is 23.2 Å². The molecule has 1 aliphatic carbocycles. The van der Waals surface area contributed by atoms with Crippen LogP contribution in [0.4, 0.5) is 5.69 Å². The highest BCUT2D eigenvalue weighted by Gasteiger charge is 2.27. The molecule has 0 spiro atoms. The summed E-state index contributed by atoms with van der Waals surface area (Å²) in [7, 11) is 0. The molecular weight excluding hydrogens is 230 g/mol. The Morgan fingerprint density at radius 3 is 2.80 bits per heavy atom. The van der Waals surface area contributed by atoms with Crippen molar-refractivity contribution in [2.24, 2.45) is 0 Å². The van der Waals surface area contributed by atoms with E-state index in [-0.39, 0.29) is 11.4 Å². The summed E-state index contributed by atoms with van der Waals surface area (Å²) in [6.45, 7) is 0. The van der Waals surface area contributed by atoms with E-state index in [2.05, 4.69) is 0 Å². The Morgan fingerprint density at radius 1 is 1.40 bits per heavy atom. The van der Waals surface area contributed by atoms with E-state index in [1.807, 2.05) is 18.2 Å². The molecule has 1 saturated carbocycles. The Hall–Kier alpha value is -0.380. The zero-order valence-corrected chi connectivity index (χ0v) is 9.89. The normalized spacial score (nSPS) is 25.7. The third kappa shape index (κ3) is 2.41. The fourth-order valence-electron chi connectivity index (χ4n) is 1.85. The van der Waals surface area contributed by atoms with Gasteiger partial charge in [-0.15, -0.1) is 11.8 Å². The van der Waals surface area contributed by atoms with Gasteiger partial charge < -0.3 is 10.8 Å². The van der Waals surface area contributed by atoms with E-state index in [1.54, 1.807) is 11.8 Å². The molecule has 0 radical (unpaired) electrons. The minimum atomic E-state index is -0.217. The number of hydrogen-bond acceptors (Lipinski definition) is 3. The number of nitrogen functional groups attached to an aromatic ring is 1. The van der Waals surface area contributed by atoms with Gasteiger partial charge in [0.1, 0.15) is 0 Å². The fourth-order valence-corrected chi connectivity index (χ4v) is 3.43. The second-order valence-corrected chi connectivity index (χ2v) is 5.47. The molecule has 2 nitrogen and oxygen atoms in total. The second-order valence-electron chi connectivity index (χ2n) is 3.81. The first-order chi connectivity index (χ1) is 7.18. The molecule has 2 unspecified atom stereocenters. The number of aliphatic hydroxyl groups is 1. The average molecular weight is 244 g/mol. The lowest BCUT2D eigenvalue weighted by Gasteiger charge is -2.16. The van der Waals surface area contributed by atoms with E-state index < -0.39 is 0 Å². The molecule has 0 aliphatic heterocycles. The van der Waals surface area contributed by atoms with Crippen LogP contribution >= 0.6 is 23.4 Å².